The Morgan fingerprint density at radius 1 is 1.00 bits per heavy atom. The number of esters is 1. The molecule has 0 rings (SSSR count). The molecular formula is C12H23O5P. The lowest BCUT2D eigenvalue weighted by atomic mass is 10.2. The maximum Gasteiger partial charge on any atom is 0.334 e. The predicted molar refractivity (Wildman–Crippen MR) is 70.7 cm³/mol. The van der Waals surface area contributed by atoms with Crippen molar-refractivity contribution >= 4 is 13.6 Å². The molecule has 0 saturated carbocycles. The zero-order valence-electron chi connectivity index (χ0n) is 11.8. The molecule has 0 spiro atoms. The molecule has 106 valence electrons. The van der Waals surface area contributed by atoms with Crippen molar-refractivity contribution in [1.82, 2.24) is 0 Å². The fraction of sp³-hybridized carbons (Fsp3) is 0.750. The van der Waals surface area contributed by atoms with Gasteiger partial charge in [-0.25, -0.2) is 4.79 Å². The highest BCUT2D eigenvalue weighted by Crippen LogP contribution is 2.49. The van der Waals surface area contributed by atoms with E-state index in [0.717, 1.165) is 0 Å². The maximum absolute atomic E-state index is 12.3. The lowest BCUT2D eigenvalue weighted by Crippen LogP contribution is -2.10. The van der Waals surface area contributed by atoms with Crippen LogP contribution in [0.1, 0.15) is 34.6 Å². The van der Waals surface area contributed by atoms with Crippen LogP contribution in [-0.4, -0.2) is 32.0 Å². The molecule has 18 heavy (non-hydrogen) atoms. The quantitative estimate of drug-likeness (QED) is 0.388. The summed E-state index contributed by atoms with van der Waals surface area (Å²) < 4.78 is 27.5. The van der Waals surface area contributed by atoms with Crippen molar-refractivity contribution in [3.8, 4) is 0 Å². The topological polar surface area (TPSA) is 61.8 Å². The molecule has 0 aromatic heterocycles. The van der Waals surface area contributed by atoms with Crippen LogP contribution < -0.4 is 0 Å². The summed E-state index contributed by atoms with van der Waals surface area (Å²) in [4.78, 5) is 11.5. The second-order valence-electron chi connectivity index (χ2n) is 3.73. The van der Waals surface area contributed by atoms with Gasteiger partial charge in [-0.2, -0.15) is 0 Å². The number of ether oxygens (including phenoxy) is 1. The Balaban J connectivity index is 4.87. The third kappa shape index (κ3) is 5.80. The van der Waals surface area contributed by atoms with Gasteiger partial charge in [0.15, 0.2) is 0 Å². The van der Waals surface area contributed by atoms with E-state index in [9.17, 15) is 9.36 Å². The van der Waals surface area contributed by atoms with Crippen molar-refractivity contribution in [2.45, 2.75) is 34.6 Å². The van der Waals surface area contributed by atoms with E-state index < -0.39 is 13.6 Å². The first-order valence-corrected chi connectivity index (χ1v) is 7.84. The van der Waals surface area contributed by atoms with Gasteiger partial charge in [-0.05, 0) is 34.6 Å². The largest absolute Gasteiger partial charge is 0.463 e. The Bertz CT molecular complexity index is 338. The monoisotopic (exact) mass is 278 g/mol. The third-order valence-electron chi connectivity index (χ3n) is 2.30. The normalized spacial score (nSPS) is 13.2. The molecule has 6 heteroatoms. The van der Waals surface area contributed by atoms with Crippen LogP contribution in [0.5, 0.6) is 0 Å². The smallest absolute Gasteiger partial charge is 0.334 e. The van der Waals surface area contributed by atoms with Crippen LogP contribution >= 0.6 is 7.60 Å². The van der Waals surface area contributed by atoms with Crippen molar-refractivity contribution in [1.29, 1.82) is 0 Å². The van der Waals surface area contributed by atoms with Crippen molar-refractivity contribution in [2.24, 2.45) is 0 Å². The van der Waals surface area contributed by atoms with Gasteiger partial charge in [0.2, 0.25) is 0 Å². The summed E-state index contributed by atoms with van der Waals surface area (Å²) in [7, 11) is -3.15. The SMILES string of the molecule is CCOC(=O)/C(C)=C(\C)CP(=O)(OCC)OCC. The van der Waals surface area contributed by atoms with E-state index in [1.165, 1.54) is 0 Å². The Kier molecular flexibility index (Phi) is 8.16. The molecule has 0 aliphatic rings. The van der Waals surface area contributed by atoms with Gasteiger partial charge >= 0.3 is 13.6 Å². The standard InChI is InChI=1S/C12H23O5P/c1-6-15-12(13)11(5)10(4)9-18(14,16-7-2)17-8-3/h6-9H2,1-5H3/b11-10+. The average molecular weight is 278 g/mol. The summed E-state index contributed by atoms with van der Waals surface area (Å²) in [5.41, 5.74) is 1.12. The molecule has 0 bridgehead atoms. The number of allylic oxidation sites excluding steroid dienone is 1. The van der Waals surface area contributed by atoms with Gasteiger partial charge in [-0.15, -0.1) is 0 Å². The molecule has 0 N–H and O–H groups in total. The van der Waals surface area contributed by atoms with Crippen molar-refractivity contribution in [3.63, 3.8) is 0 Å². The average Bonchev–Trinajstić information content (AvgIpc) is 2.28. The molecule has 0 aliphatic carbocycles. The summed E-state index contributed by atoms with van der Waals surface area (Å²) in [6.45, 7) is 9.56. The van der Waals surface area contributed by atoms with E-state index in [-0.39, 0.29) is 6.16 Å². The van der Waals surface area contributed by atoms with E-state index in [1.54, 1.807) is 34.6 Å². The highest BCUT2D eigenvalue weighted by molar-refractivity contribution is 7.54. The fourth-order valence-electron chi connectivity index (χ4n) is 1.34. The molecule has 0 aromatic rings. The van der Waals surface area contributed by atoms with Crippen LogP contribution in [0.15, 0.2) is 11.1 Å². The minimum Gasteiger partial charge on any atom is -0.463 e. The lowest BCUT2D eigenvalue weighted by molar-refractivity contribution is -0.138. The maximum atomic E-state index is 12.3. The van der Waals surface area contributed by atoms with Gasteiger partial charge in [0.1, 0.15) is 0 Å². The number of carbonyl (C=O) groups excluding carboxylic acids is 1. The molecule has 0 unspecified atom stereocenters. The minimum absolute atomic E-state index is 0.110. The predicted octanol–water partition coefficient (Wildman–Crippen LogP) is 3.15. The second-order valence-corrected chi connectivity index (χ2v) is 5.78. The van der Waals surface area contributed by atoms with Crippen molar-refractivity contribution < 1.29 is 23.1 Å². The number of hydrogen-bond acceptors (Lipinski definition) is 5. The summed E-state index contributed by atoms with van der Waals surface area (Å²) in [5.74, 6) is -0.394. The molecule has 0 saturated heterocycles. The summed E-state index contributed by atoms with van der Waals surface area (Å²) in [6.07, 6.45) is 0.110. The van der Waals surface area contributed by atoms with Gasteiger partial charge < -0.3 is 13.8 Å². The summed E-state index contributed by atoms with van der Waals surface area (Å²) in [6, 6.07) is 0. The van der Waals surface area contributed by atoms with Gasteiger partial charge in [0, 0.05) is 5.57 Å². The van der Waals surface area contributed by atoms with Crippen LogP contribution in [0.3, 0.4) is 0 Å². The number of carbonyl (C=O) groups is 1. The Morgan fingerprint density at radius 2 is 1.50 bits per heavy atom. The van der Waals surface area contributed by atoms with E-state index in [0.29, 0.717) is 31.0 Å². The van der Waals surface area contributed by atoms with Crippen LogP contribution in [-0.2, 0) is 23.1 Å². The summed E-state index contributed by atoms with van der Waals surface area (Å²) >= 11 is 0. The number of rotatable bonds is 8. The van der Waals surface area contributed by atoms with Gasteiger partial charge in [0.05, 0.1) is 26.0 Å². The Hall–Kier alpha value is -0.640. The Labute approximate surface area is 109 Å². The summed E-state index contributed by atoms with van der Waals surface area (Å²) in [5, 5.41) is 0. The highest BCUT2D eigenvalue weighted by Gasteiger charge is 2.25. The molecule has 0 aliphatic heterocycles. The number of hydrogen-bond donors (Lipinski definition) is 0. The van der Waals surface area contributed by atoms with E-state index in [4.69, 9.17) is 13.8 Å². The molecule has 0 atom stereocenters. The molecule has 5 nitrogen and oxygen atoms in total. The molecule has 0 amide bonds. The molecule has 0 heterocycles. The lowest BCUT2D eigenvalue weighted by Gasteiger charge is -2.18. The van der Waals surface area contributed by atoms with Crippen LogP contribution in [0.25, 0.3) is 0 Å². The van der Waals surface area contributed by atoms with Crippen LogP contribution in [0, 0.1) is 0 Å². The molecule has 0 aromatic carbocycles. The fourth-order valence-corrected chi connectivity index (χ4v) is 3.21. The first-order chi connectivity index (χ1) is 8.40. The van der Waals surface area contributed by atoms with Crippen LogP contribution in [0.4, 0.5) is 0 Å². The van der Waals surface area contributed by atoms with Gasteiger partial charge in [0.25, 0.3) is 0 Å². The molecular weight excluding hydrogens is 255 g/mol. The third-order valence-corrected chi connectivity index (χ3v) is 4.47. The van der Waals surface area contributed by atoms with E-state index in [2.05, 4.69) is 0 Å². The minimum atomic E-state index is -3.15. The molecule has 0 fully saturated rings. The van der Waals surface area contributed by atoms with Gasteiger partial charge in [-0.3, -0.25) is 4.57 Å². The molecule has 0 radical (unpaired) electrons. The first kappa shape index (κ1) is 17.4. The van der Waals surface area contributed by atoms with Crippen molar-refractivity contribution in [3.05, 3.63) is 11.1 Å². The van der Waals surface area contributed by atoms with E-state index in [1.807, 2.05) is 0 Å². The Morgan fingerprint density at radius 3 is 1.89 bits per heavy atom. The van der Waals surface area contributed by atoms with Crippen LogP contribution in [0.2, 0.25) is 0 Å². The highest BCUT2D eigenvalue weighted by atomic mass is 31.2. The first-order valence-electron chi connectivity index (χ1n) is 6.11. The van der Waals surface area contributed by atoms with E-state index >= 15 is 0 Å². The zero-order valence-corrected chi connectivity index (χ0v) is 12.7. The van der Waals surface area contributed by atoms with Crippen molar-refractivity contribution in [2.75, 3.05) is 26.0 Å². The zero-order chi connectivity index (χ0) is 14.2. The van der Waals surface area contributed by atoms with Gasteiger partial charge in [-0.1, -0.05) is 5.57 Å². The second kappa shape index (κ2) is 8.46.